The van der Waals surface area contributed by atoms with Gasteiger partial charge in [0.05, 0.1) is 6.54 Å². The van der Waals surface area contributed by atoms with Gasteiger partial charge in [-0.15, -0.1) is 25.3 Å². The fourth-order valence-electron chi connectivity index (χ4n) is 4.50. The molecule has 2 amide bonds. The lowest BCUT2D eigenvalue weighted by Gasteiger charge is -2.27. The summed E-state index contributed by atoms with van der Waals surface area (Å²) >= 11 is 8.53. The third-order valence-electron chi connectivity index (χ3n) is 7.62. The van der Waals surface area contributed by atoms with Crippen molar-refractivity contribution in [3.8, 4) is 0 Å². The summed E-state index contributed by atoms with van der Waals surface area (Å²) in [5, 5.41) is 8.15. The van der Waals surface area contributed by atoms with Crippen LogP contribution in [0, 0.1) is 5.41 Å². The summed E-state index contributed by atoms with van der Waals surface area (Å²) in [6.07, 6.45) is 5.03. The number of hydrogen-bond acceptors (Lipinski definition) is 8. The first-order chi connectivity index (χ1) is 22.8. The van der Waals surface area contributed by atoms with Crippen molar-refractivity contribution in [1.82, 2.24) is 20.4 Å². The minimum Gasteiger partial charge on any atom is -0.352 e. The molecule has 10 heteroatoms. The smallest absolute Gasteiger partial charge is 0.234 e. The number of carbonyl (C=O) groups excluding carboxylic acids is 3. The number of nitrogens with two attached hydrogens (primary N) is 1. The molecule has 0 aromatic heterocycles. The molecule has 2 atom stereocenters. The topological polar surface area (TPSA) is 108 Å². The van der Waals surface area contributed by atoms with E-state index in [0.717, 1.165) is 55.1 Å². The van der Waals surface area contributed by atoms with E-state index in [4.69, 9.17) is 4.79 Å². The number of nitrogens with zero attached hydrogens (tertiary/aromatic N) is 2. The standard InChI is InChI=1S/C15H22N2O.C10H8S2.C9H20N2O.C2H5NO.C2H6/c1-16(11-9-14-6-3-2-4-7-14)12-15-8-5-10-17(15)13-18;11-9-3-1-7-5-10(12)4-2-8(7)6-9;1-7(9(2,3)4)11-8(12)6-10-5;3-1-2-4;1-2/h2-4,6-7,13,15H,5,8-12H2,1H3;1-6,11-12H;7,10H,6H2,1-5H3,(H,11,12);2H,1,3H2;1-2H3. The zero-order valence-corrected chi connectivity index (χ0v) is 32.2. The van der Waals surface area contributed by atoms with Crippen molar-refractivity contribution in [2.24, 2.45) is 11.1 Å². The fraction of sp³-hybridized carbons (Fsp3) is 0.500. The molecule has 8 nitrogen and oxygen atoms in total. The maximum absolute atomic E-state index is 11.1. The van der Waals surface area contributed by atoms with E-state index in [-0.39, 0.29) is 23.9 Å². The lowest BCUT2D eigenvalue weighted by Crippen LogP contribution is -2.44. The number of aldehydes is 1. The van der Waals surface area contributed by atoms with Gasteiger partial charge in [-0.1, -0.05) is 77.1 Å². The number of likely N-dealkylation sites (tertiary alicyclic amines) is 1. The van der Waals surface area contributed by atoms with Crippen LogP contribution in [0.2, 0.25) is 0 Å². The zero-order valence-electron chi connectivity index (χ0n) is 30.4. The predicted octanol–water partition coefficient (Wildman–Crippen LogP) is 6.13. The number of amides is 2. The molecule has 0 saturated carbocycles. The van der Waals surface area contributed by atoms with E-state index in [9.17, 15) is 9.59 Å². The second kappa shape index (κ2) is 26.0. The van der Waals surface area contributed by atoms with Crippen molar-refractivity contribution in [2.45, 2.75) is 82.7 Å². The third-order valence-corrected chi connectivity index (χ3v) is 8.18. The molecule has 2 unspecified atom stereocenters. The van der Waals surface area contributed by atoms with Crippen molar-refractivity contribution >= 4 is 54.6 Å². The van der Waals surface area contributed by atoms with Gasteiger partial charge in [-0.25, -0.2) is 0 Å². The van der Waals surface area contributed by atoms with E-state index < -0.39 is 0 Å². The molecular weight excluding hydrogens is 639 g/mol. The zero-order chi connectivity index (χ0) is 36.5. The SMILES string of the molecule is CC.CN(CCc1ccccc1)CC1CCCN1C=O.CNCC(=O)NC(C)C(C)(C)C.NCC=O.Sc1ccc2cc(S)ccc2c1. The number of fused-ring (bicyclic) bond motifs is 1. The van der Waals surface area contributed by atoms with Gasteiger partial charge in [0.25, 0.3) is 0 Å². The lowest BCUT2D eigenvalue weighted by atomic mass is 9.88. The summed E-state index contributed by atoms with van der Waals surface area (Å²) in [7, 11) is 3.91. The average Bonchev–Trinajstić information content (AvgIpc) is 3.52. The molecule has 0 spiro atoms. The number of nitrogens with one attached hydrogen (secondary N) is 2. The Morgan fingerprint density at radius 3 is 2.02 bits per heavy atom. The quantitative estimate of drug-likeness (QED) is 0.129. The maximum atomic E-state index is 11.1. The van der Waals surface area contributed by atoms with Crippen molar-refractivity contribution in [2.75, 3.05) is 46.8 Å². The molecule has 0 radical (unpaired) electrons. The van der Waals surface area contributed by atoms with Gasteiger partial charge in [-0.2, -0.15) is 0 Å². The molecule has 4 rings (SSSR count). The monoisotopic (exact) mass is 699 g/mol. The van der Waals surface area contributed by atoms with E-state index in [1.165, 1.54) is 16.3 Å². The van der Waals surface area contributed by atoms with Crippen LogP contribution < -0.4 is 16.4 Å². The Morgan fingerprint density at radius 1 is 1.02 bits per heavy atom. The summed E-state index contributed by atoms with van der Waals surface area (Å²) < 4.78 is 0. The average molecular weight is 700 g/mol. The van der Waals surface area contributed by atoms with E-state index >= 15 is 0 Å². The molecule has 1 heterocycles. The highest BCUT2D eigenvalue weighted by Gasteiger charge is 2.24. The van der Waals surface area contributed by atoms with Crippen molar-refractivity contribution in [3.05, 3.63) is 72.3 Å². The van der Waals surface area contributed by atoms with Gasteiger partial charge < -0.3 is 31.0 Å². The molecule has 3 aromatic carbocycles. The third kappa shape index (κ3) is 19.8. The van der Waals surface area contributed by atoms with E-state index in [1.807, 2.05) is 56.0 Å². The van der Waals surface area contributed by atoms with Gasteiger partial charge in [-0.3, -0.25) is 9.59 Å². The fourth-order valence-corrected chi connectivity index (χ4v) is 4.93. The molecule has 0 aliphatic carbocycles. The summed E-state index contributed by atoms with van der Waals surface area (Å²) in [5.41, 5.74) is 6.17. The number of thiol groups is 2. The number of carbonyl (C=O) groups is 3. The maximum Gasteiger partial charge on any atom is 0.234 e. The molecule has 1 saturated heterocycles. The normalized spacial score (nSPS) is 14.1. The van der Waals surface area contributed by atoms with Gasteiger partial charge in [-0.05, 0) is 86.3 Å². The van der Waals surface area contributed by atoms with Crippen LogP contribution in [-0.4, -0.2) is 87.3 Å². The molecule has 48 heavy (non-hydrogen) atoms. The Balaban J connectivity index is 0.000000653. The van der Waals surface area contributed by atoms with Crippen molar-refractivity contribution in [1.29, 1.82) is 0 Å². The Labute approximate surface area is 301 Å². The van der Waals surface area contributed by atoms with Crippen LogP contribution in [0.1, 0.15) is 59.9 Å². The van der Waals surface area contributed by atoms with Gasteiger partial charge in [0.15, 0.2) is 0 Å². The second-order valence-corrected chi connectivity index (χ2v) is 13.5. The van der Waals surface area contributed by atoms with Crippen LogP contribution in [0.5, 0.6) is 0 Å². The van der Waals surface area contributed by atoms with Crippen molar-refractivity contribution < 1.29 is 14.4 Å². The van der Waals surface area contributed by atoms with Gasteiger partial charge in [0.2, 0.25) is 12.3 Å². The highest BCUT2D eigenvalue weighted by atomic mass is 32.1. The first kappa shape index (κ1) is 45.1. The molecule has 3 aromatic rings. The van der Waals surface area contributed by atoms with Crippen LogP contribution >= 0.6 is 25.3 Å². The first-order valence-corrected chi connectivity index (χ1v) is 17.7. The summed E-state index contributed by atoms with van der Waals surface area (Å²) in [6, 6.07) is 23.3. The minimum absolute atomic E-state index is 0.0555. The Kier molecular flexibility index (Phi) is 24.5. The Hall–Kier alpha value is -2.89. The second-order valence-electron chi connectivity index (χ2n) is 12.4. The van der Waals surface area contributed by atoms with Crippen molar-refractivity contribution in [3.63, 3.8) is 0 Å². The molecule has 1 aliphatic heterocycles. The highest BCUT2D eigenvalue weighted by molar-refractivity contribution is 7.80. The van der Waals surface area contributed by atoms with Crippen LogP contribution in [-0.2, 0) is 20.8 Å². The minimum atomic E-state index is 0.0555. The Bertz CT molecular complexity index is 1260. The molecule has 1 aliphatic rings. The van der Waals surface area contributed by atoms with Gasteiger partial charge in [0, 0.05) is 48.1 Å². The summed E-state index contributed by atoms with van der Waals surface area (Å²) in [4.78, 5) is 37.3. The Morgan fingerprint density at radius 2 is 1.56 bits per heavy atom. The molecule has 4 N–H and O–H groups in total. The van der Waals surface area contributed by atoms with Crippen LogP contribution in [0.25, 0.3) is 10.8 Å². The van der Waals surface area contributed by atoms with Crippen LogP contribution in [0.4, 0.5) is 0 Å². The van der Waals surface area contributed by atoms with Crippen LogP contribution in [0.15, 0.2) is 76.5 Å². The molecule has 0 bridgehead atoms. The summed E-state index contributed by atoms with van der Waals surface area (Å²) in [5.74, 6) is 0.0555. The predicted molar refractivity (Wildman–Crippen MR) is 209 cm³/mol. The number of likely N-dealkylation sites (N-methyl/N-ethyl adjacent to an activating group) is 2. The largest absolute Gasteiger partial charge is 0.352 e. The van der Waals surface area contributed by atoms with Gasteiger partial charge >= 0.3 is 0 Å². The molecule has 1 fully saturated rings. The molecular formula is C38H61N5O3S2. The van der Waals surface area contributed by atoms with Gasteiger partial charge in [0.1, 0.15) is 6.29 Å². The lowest BCUT2D eigenvalue weighted by molar-refractivity contribution is -0.121. The summed E-state index contributed by atoms with van der Waals surface area (Å²) in [6.45, 7) is 15.8. The molecule has 268 valence electrons. The first-order valence-electron chi connectivity index (χ1n) is 16.8. The van der Waals surface area contributed by atoms with E-state index in [2.05, 4.69) is 111 Å². The number of rotatable bonds is 10. The number of benzene rings is 3. The highest BCUT2D eigenvalue weighted by Crippen LogP contribution is 2.21. The van der Waals surface area contributed by atoms with E-state index in [0.29, 0.717) is 18.9 Å². The number of hydrogen-bond donors (Lipinski definition) is 5. The van der Waals surface area contributed by atoms with E-state index in [1.54, 1.807) is 7.05 Å². The van der Waals surface area contributed by atoms with Crippen LogP contribution in [0.3, 0.4) is 0 Å².